The molecule has 6 heteroatoms. The second kappa shape index (κ2) is 6.20. The highest BCUT2D eigenvalue weighted by Crippen LogP contribution is 2.36. The largest absolute Gasteiger partial charge is 0.472 e. The highest BCUT2D eigenvalue weighted by molar-refractivity contribution is 5.92. The van der Waals surface area contributed by atoms with E-state index < -0.39 is 0 Å². The van der Waals surface area contributed by atoms with E-state index in [1.165, 1.54) is 0 Å². The molecule has 0 bridgehead atoms. The Kier molecular flexibility index (Phi) is 3.90. The molecule has 2 atom stereocenters. The fourth-order valence-corrected chi connectivity index (χ4v) is 3.42. The Morgan fingerprint density at radius 1 is 1.21 bits per heavy atom. The quantitative estimate of drug-likeness (QED) is 0.863. The average molecular weight is 325 g/mol. The molecule has 0 aromatic carbocycles. The van der Waals surface area contributed by atoms with Crippen molar-refractivity contribution in [1.29, 1.82) is 0 Å². The van der Waals surface area contributed by atoms with Crippen LogP contribution in [0.4, 0.5) is 0 Å². The number of rotatable bonds is 3. The van der Waals surface area contributed by atoms with E-state index in [2.05, 4.69) is 9.97 Å². The number of carbonyl (C=O) groups excluding carboxylic acids is 1. The first-order chi connectivity index (χ1) is 11.7. The van der Waals surface area contributed by atoms with Gasteiger partial charge in [0.15, 0.2) is 0 Å². The second-order valence-corrected chi connectivity index (χ2v) is 6.30. The lowest BCUT2D eigenvalue weighted by atomic mass is 9.98. The molecule has 2 aliphatic rings. The second-order valence-electron chi connectivity index (χ2n) is 6.30. The van der Waals surface area contributed by atoms with Crippen molar-refractivity contribution < 1.29 is 14.3 Å². The van der Waals surface area contributed by atoms with E-state index in [9.17, 15) is 4.79 Å². The number of nitrogens with zero attached hydrogens (tertiary/aromatic N) is 3. The molecule has 2 aromatic heterocycles. The Morgan fingerprint density at radius 2 is 2.04 bits per heavy atom. The summed E-state index contributed by atoms with van der Waals surface area (Å²) in [6.07, 6.45) is 4.93. The molecule has 0 saturated carbocycles. The van der Waals surface area contributed by atoms with Gasteiger partial charge in [0.2, 0.25) is 5.88 Å². The summed E-state index contributed by atoms with van der Waals surface area (Å²) in [4.78, 5) is 22.7. The Hall–Kier alpha value is -2.47. The third-order valence-electron chi connectivity index (χ3n) is 4.59. The molecule has 0 unspecified atom stereocenters. The van der Waals surface area contributed by atoms with Gasteiger partial charge in [-0.1, -0.05) is 12.1 Å². The van der Waals surface area contributed by atoms with Crippen molar-refractivity contribution in [3.8, 4) is 5.88 Å². The van der Waals surface area contributed by atoms with Gasteiger partial charge >= 0.3 is 0 Å². The number of hydrogen-bond donors (Lipinski definition) is 0. The molecule has 0 aliphatic carbocycles. The first-order valence-corrected chi connectivity index (χ1v) is 8.16. The maximum absolute atomic E-state index is 12.5. The van der Waals surface area contributed by atoms with E-state index in [0.717, 1.165) is 12.8 Å². The van der Waals surface area contributed by atoms with Gasteiger partial charge in [-0.3, -0.25) is 9.78 Å². The molecule has 0 N–H and O–H groups in total. The molecular weight excluding hydrogens is 306 g/mol. The molecule has 24 heavy (non-hydrogen) atoms. The van der Waals surface area contributed by atoms with Crippen LogP contribution in [-0.2, 0) is 4.74 Å². The van der Waals surface area contributed by atoms with E-state index in [-0.39, 0.29) is 17.6 Å². The highest BCUT2D eigenvalue weighted by Gasteiger charge is 2.47. The molecular formula is C18H19N3O3. The molecule has 2 saturated heterocycles. The smallest absolute Gasteiger partial charge is 0.272 e. The summed E-state index contributed by atoms with van der Waals surface area (Å²) in [7, 11) is 0. The SMILES string of the molecule is O=C(c1ccccn1)N1CC[C@]2(C[C@H](Oc3ccccn3)CO2)C1. The lowest BCUT2D eigenvalue weighted by Crippen LogP contribution is -2.36. The number of aromatic nitrogens is 2. The van der Waals surface area contributed by atoms with Crippen molar-refractivity contribution in [2.75, 3.05) is 19.7 Å². The number of hydrogen-bond acceptors (Lipinski definition) is 5. The summed E-state index contributed by atoms with van der Waals surface area (Å²) in [5.74, 6) is 0.577. The van der Waals surface area contributed by atoms with E-state index in [1.54, 1.807) is 18.5 Å². The summed E-state index contributed by atoms with van der Waals surface area (Å²) in [5.41, 5.74) is 0.179. The Bertz CT molecular complexity index is 710. The molecule has 6 nitrogen and oxygen atoms in total. The van der Waals surface area contributed by atoms with Crippen LogP contribution in [0.3, 0.4) is 0 Å². The van der Waals surface area contributed by atoms with Gasteiger partial charge in [-0.05, 0) is 24.6 Å². The fraction of sp³-hybridized carbons (Fsp3) is 0.389. The van der Waals surface area contributed by atoms with E-state index in [4.69, 9.17) is 9.47 Å². The van der Waals surface area contributed by atoms with Crippen LogP contribution >= 0.6 is 0 Å². The lowest BCUT2D eigenvalue weighted by molar-refractivity contribution is 0.00979. The van der Waals surface area contributed by atoms with E-state index >= 15 is 0 Å². The minimum atomic E-state index is -0.302. The number of likely N-dealkylation sites (tertiary alicyclic amines) is 1. The van der Waals surface area contributed by atoms with Crippen LogP contribution in [-0.4, -0.2) is 52.2 Å². The van der Waals surface area contributed by atoms with Gasteiger partial charge in [0, 0.05) is 31.4 Å². The molecule has 4 heterocycles. The molecule has 2 aliphatic heterocycles. The zero-order valence-corrected chi connectivity index (χ0v) is 13.3. The third-order valence-corrected chi connectivity index (χ3v) is 4.59. The Morgan fingerprint density at radius 3 is 2.79 bits per heavy atom. The van der Waals surface area contributed by atoms with E-state index in [1.807, 2.05) is 35.2 Å². The number of carbonyl (C=O) groups is 1. The summed E-state index contributed by atoms with van der Waals surface area (Å²) in [5, 5.41) is 0. The monoisotopic (exact) mass is 325 g/mol. The number of pyridine rings is 2. The van der Waals surface area contributed by atoms with Gasteiger partial charge in [-0.25, -0.2) is 4.98 Å². The van der Waals surface area contributed by atoms with Crippen molar-refractivity contribution in [3.05, 3.63) is 54.5 Å². The van der Waals surface area contributed by atoms with Gasteiger partial charge in [0.25, 0.3) is 5.91 Å². The predicted molar refractivity (Wildman–Crippen MR) is 86.7 cm³/mol. The minimum Gasteiger partial charge on any atom is -0.472 e. The summed E-state index contributed by atoms with van der Waals surface area (Å²) in [6.45, 7) is 1.80. The third kappa shape index (κ3) is 2.97. The summed E-state index contributed by atoms with van der Waals surface area (Å²) >= 11 is 0. The highest BCUT2D eigenvalue weighted by atomic mass is 16.6. The Balaban J connectivity index is 1.39. The molecule has 2 fully saturated rings. The molecule has 1 spiro atoms. The normalized spacial score (nSPS) is 26.0. The van der Waals surface area contributed by atoms with Crippen LogP contribution in [0.25, 0.3) is 0 Å². The van der Waals surface area contributed by atoms with Gasteiger partial charge in [0.1, 0.15) is 11.8 Å². The van der Waals surface area contributed by atoms with Crippen molar-refractivity contribution in [3.63, 3.8) is 0 Å². The molecule has 4 rings (SSSR count). The zero-order chi connectivity index (χ0) is 16.4. The standard InChI is InChI=1S/C18H19N3O3/c22-17(15-5-1-3-8-19-15)21-10-7-18(13-21)11-14(12-23-18)24-16-6-2-4-9-20-16/h1-6,8-9,14H,7,10-13H2/t14-,18-/m0/s1. The molecule has 0 radical (unpaired) electrons. The molecule has 1 amide bonds. The van der Waals surface area contributed by atoms with Gasteiger partial charge < -0.3 is 14.4 Å². The van der Waals surface area contributed by atoms with Crippen molar-refractivity contribution in [2.24, 2.45) is 0 Å². The maximum atomic E-state index is 12.5. The predicted octanol–water partition coefficient (Wildman–Crippen LogP) is 1.93. The molecule has 2 aromatic rings. The van der Waals surface area contributed by atoms with Crippen LogP contribution < -0.4 is 4.74 Å². The fourth-order valence-electron chi connectivity index (χ4n) is 3.42. The number of ether oxygens (including phenoxy) is 2. The van der Waals surface area contributed by atoms with Crippen molar-refractivity contribution in [1.82, 2.24) is 14.9 Å². The van der Waals surface area contributed by atoms with Crippen LogP contribution in [0, 0.1) is 0 Å². The molecule has 124 valence electrons. The van der Waals surface area contributed by atoms with Crippen LogP contribution in [0.15, 0.2) is 48.8 Å². The van der Waals surface area contributed by atoms with Gasteiger partial charge in [-0.15, -0.1) is 0 Å². The summed E-state index contributed by atoms with van der Waals surface area (Å²) < 4.78 is 11.9. The first-order valence-electron chi connectivity index (χ1n) is 8.16. The topological polar surface area (TPSA) is 64.6 Å². The van der Waals surface area contributed by atoms with E-state index in [0.29, 0.717) is 31.3 Å². The average Bonchev–Trinajstić information content (AvgIpc) is 3.23. The zero-order valence-electron chi connectivity index (χ0n) is 13.3. The van der Waals surface area contributed by atoms with Crippen molar-refractivity contribution in [2.45, 2.75) is 24.5 Å². The number of amides is 1. The Labute approximate surface area is 140 Å². The summed E-state index contributed by atoms with van der Waals surface area (Å²) in [6, 6.07) is 11.0. The van der Waals surface area contributed by atoms with Crippen molar-refractivity contribution >= 4 is 5.91 Å². The van der Waals surface area contributed by atoms with Gasteiger partial charge in [-0.2, -0.15) is 0 Å². The van der Waals surface area contributed by atoms with Gasteiger partial charge in [0.05, 0.1) is 18.8 Å². The first kappa shape index (κ1) is 15.1. The lowest BCUT2D eigenvalue weighted by Gasteiger charge is -2.23. The van der Waals surface area contributed by atoms with Crippen LogP contribution in [0.2, 0.25) is 0 Å². The maximum Gasteiger partial charge on any atom is 0.272 e. The van der Waals surface area contributed by atoms with Crippen LogP contribution in [0.1, 0.15) is 23.3 Å². The minimum absolute atomic E-state index is 0.0233. The van der Waals surface area contributed by atoms with Crippen LogP contribution in [0.5, 0.6) is 5.88 Å².